The molecule has 6 heteroatoms. The van der Waals surface area contributed by atoms with Crippen molar-refractivity contribution in [3.05, 3.63) is 48.3 Å². The van der Waals surface area contributed by atoms with Crippen LogP contribution in [-0.4, -0.2) is 29.1 Å². The number of hydrogen-bond donors (Lipinski definition) is 0. The van der Waals surface area contributed by atoms with Gasteiger partial charge in [0.25, 0.3) is 0 Å². The van der Waals surface area contributed by atoms with Crippen molar-refractivity contribution >= 4 is 16.7 Å². The number of aryl methyl sites for hydroxylation is 2. The van der Waals surface area contributed by atoms with Gasteiger partial charge < -0.3 is 0 Å². The Balaban J connectivity index is 2.14. The largest absolute Gasteiger partial charge is 0.282 e. The molecule has 0 N–H and O–H groups in total. The lowest BCUT2D eigenvalue weighted by atomic mass is 10.3. The van der Waals surface area contributed by atoms with Gasteiger partial charge in [-0.1, -0.05) is 12.1 Å². The summed E-state index contributed by atoms with van der Waals surface area (Å²) < 4.78 is 3.94. The van der Waals surface area contributed by atoms with Crippen LogP contribution in [0.2, 0.25) is 0 Å². The summed E-state index contributed by atoms with van der Waals surface area (Å²) in [7, 11) is 0. The van der Waals surface area contributed by atoms with Crippen LogP contribution in [0.1, 0.15) is 11.6 Å². The number of fused-ring (bicyclic) bond motifs is 2. The first-order valence-electron chi connectivity index (χ1n) is 6.36. The normalized spacial score (nSPS) is 11.5. The van der Waals surface area contributed by atoms with Gasteiger partial charge in [0.2, 0.25) is 5.65 Å². The Hall–Kier alpha value is -2.76. The van der Waals surface area contributed by atoms with Gasteiger partial charge in [-0.05, 0) is 26.0 Å². The van der Waals surface area contributed by atoms with Crippen molar-refractivity contribution in [3.8, 4) is 5.82 Å². The van der Waals surface area contributed by atoms with E-state index in [1.165, 1.54) is 0 Å². The molecule has 0 spiro atoms. The zero-order valence-corrected chi connectivity index (χ0v) is 11.1. The van der Waals surface area contributed by atoms with E-state index < -0.39 is 0 Å². The molecule has 6 nitrogen and oxygen atoms in total. The minimum atomic E-state index is 0.733. The molecule has 0 atom stereocenters. The zero-order valence-electron chi connectivity index (χ0n) is 11.1. The molecule has 0 saturated heterocycles. The first kappa shape index (κ1) is 11.1. The second kappa shape index (κ2) is 3.86. The van der Waals surface area contributed by atoms with E-state index in [9.17, 15) is 0 Å². The summed E-state index contributed by atoms with van der Waals surface area (Å²) in [4.78, 5) is 9.04. The van der Waals surface area contributed by atoms with Crippen LogP contribution in [0.4, 0.5) is 0 Å². The van der Waals surface area contributed by atoms with Crippen LogP contribution >= 0.6 is 0 Å². The molecular formula is C14H12N6. The summed E-state index contributed by atoms with van der Waals surface area (Å²) in [5.41, 5.74) is 2.70. The lowest BCUT2D eigenvalue weighted by Crippen LogP contribution is -2.03. The number of para-hydroxylation sites is 2. The Kier molecular flexibility index (Phi) is 2.14. The lowest BCUT2D eigenvalue weighted by Gasteiger charge is -2.06. The van der Waals surface area contributed by atoms with E-state index in [4.69, 9.17) is 0 Å². The lowest BCUT2D eigenvalue weighted by molar-refractivity contribution is 0.936. The van der Waals surface area contributed by atoms with Crippen LogP contribution in [-0.2, 0) is 0 Å². The highest BCUT2D eigenvalue weighted by Crippen LogP contribution is 2.22. The summed E-state index contributed by atoms with van der Waals surface area (Å²) in [5.74, 6) is 2.47. The second-order valence-corrected chi connectivity index (χ2v) is 4.67. The van der Waals surface area contributed by atoms with Crippen molar-refractivity contribution in [2.24, 2.45) is 0 Å². The van der Waals surface area contributed by atoms with E-state index in [0.717, 1.165) is 34.1 Å². The molecule has 0 aliphatic rings. The number of nitrogens with zero attached hydrogens (tertiary/aromatic N) is 6. The first-order chi connectivity index (χ1) is 9.75. The molecular weight excluding hydrogens is 252 g/mol. The standard InChI is InChI=1S/C14H12N6/c1-9-16-11-5-3-4-6-12(11)20(9)13-14-18-17-10(2)19(14)8-7-15-13/h3-8H,1-2H3. The van der Waals surface area contributed by atoms with Crippen molar-refractivity contribution in [3.63, 3.8) is 0 Å². The van der Waals surface area contributed by atoms with Gasteiger partial charge in [0, 0.05) is 12.4 Å². The molecule has 20 heavy (non-hydrogen) atoms. The van der Waals surface area contributed by atoms with Gasteiger partial charge in [0.15, 0.2) is 5.82 Å². The SMILES string of the molecule is Cc1nc2ccccc2n1-c1nccn2c(C)nnc12. The van der Waals surface area contributed by atoms with Gasteiger partial charge in [0.1, 0.15) is 11.6 Å². The van der Waals surface area contributed by atoms with Crippen LogP contribution in [0.3, 0.4) is 0 Å². The van der Waals surface area contributed by atoms with Crippen molar-refractivity contribution in [2.45, 2.75) is 13.8 Å². The summed E-state index contributed by atoms with van der Waals surface area (Å²) in [6.07, 6.45) is 3.62. The highest BCUT2D eigenvalue weighted by Gasteiger charge is 2.15. The molecule has 0 bridgehead atoms. The fourth-order valence-electron chi connectivity index (χ4n) is 2.50. The van der Waals surface area contributed by atoms with E-state index >= 15 is 0 Å². The molecule has 0 saturated carbocycles. The topological polar surface area (TPSA) is 60.9 Å². The predicted molar refractivity (Wildman–Crippen MR) is 74.9 cm³/mol. The molecule has 4 rings (SSSR count). The number of hydrogen-bond acceptors (Lipinski definition) is 4. The van der Waals surface area contributed by atoms with Crippen LogP contribution in [0.25, 0.3) is 22.5 Å². The minimum Gasteiger partial charge on any atom is -0.282 e. The fraction of sp³-hybridized carbons (Fsp3) is 0.143. The molecule has 0 fully saturated rings. The van der Waals surface area contributed by atoms with Gasteiger partial charge in [-0.15, -0.1) is 10.2 Å². The molecule has 3 heterocycles. The summed E-state index contributed by atoms with van der Waals surface area (Å²) >= 11 is 0. The van der Waals surface area contributed by atoms with Gasteiger partial charge in [-0.3, -0.25) is 8.97 Å². The van der Waals surface area contributed by atoms with Crippen molar-refractivity contribution in [1.82, 2.24) is 29.1 Å². The van der Waals surface area contributed by atoms with E-state index in [-0.39, 0.29) is 0 Å². The monoisotopic (exact) mass is 264 g/mol. The molecule has 0 radical (unpaired) electrons. The average molecular weight is 264 g/mol. The Labute approximate surface area is 114 Å². The maximum absolute atomic E-state index is 4.57. The zero-order chi connectivity index (χ0) is 13.7. The Morgan fingerprint density at radius 2 is 1.85 bits per heavy atom. The number of benzene rings is 1. The van der Waals surface area contributed by atoms with Crippen molar-refractivity contribution in [1.29, 1.82) is 0 Å². The van der Waals surface area contributed by atoms with E-state index in [1.807, 2.05) is 53.3 Å². The third-order valence-electron chi connectivity index (χ3n) is 3.42. The maximum atomic E-state index is 4.57. The quantitative estimate of drug-likeness (QED) is 0.528. The molecule has 98 valence electrons. The van der Waals surface area contributed by atoms with Crippen LogP contribution in [0.15, 0.2) is 36.7 Å². The maximum Gasteiger partial charge on any atom is 0.204 e. The molecule has 0 aliphatic carbocycles. The number of rotatable bonds is 1. The highest BCUT2D eigenvalue weighted by molar-refractivity contribution is 5.79. The third-order valence-corrected chi connectivity index (χ3v) is 3.42. The predicted octanol–water partition coefficient (Wildman–Crippen LogP) is 2.08. The summed E-state index contributed by atoms with van der Waals surface area (Å²) in [6.45, 7) is 3.89. The van der Waals surface area contributed by atoms with Crippen LogP contribution in [0.5, 0.6) is 0 Å². The average Bonchev–Trinajstić information content (AvgIpc) is 2.99. The number of aromatic nitrogens is 6. The minimum absolute atomic E-state index is 0.733. The Morgan fingerprint density at radius 1 is 1.00 bits per heavy atom. The molecule has 3 aromatic heterocycles. The summed E-state index contributed by atoms with van der Waals surface area (Å²) in [6, 6.07) is 8.00. The molecule has 1 aromatic carbocycles. The second-order valence-electron chi connectivity index (χ2n) is 4.67. The fourth-order valence-corrected chi connectivity index (χ4v) is 2.50. The van der Waals surface area contributed by atoms with Gasteiger partial charge >= 0.3 is 0 Å². The van der Waals surface area contributed by atoms with E-state index in [2.05, 4.69) is 20.2 Å². The summed E-state index contributed by atoms with van der Waals surface area (Å²) in [5, 5.41) is 8.34. The molecule has 0 unspecified atom stereocenters. The Bertz CT molecular complexity index is 933. The smallest absolute Gasteiger partial charge is 0.204 e. The highest BCUT2D eigenvalue weighted by atomic mass is 15.3. The Morgan fingerprint density at radius 3 is 2.75 bits per heavy atom. The van der Waals surface area contributed by atoms with Gasteiger partial charge in [0.05, 0.1) is 11.0 Å². The van der Waals surface area contributed by atoms with Gasteiger partial charge in [-0.25, -0.2) is 9.97 Å². The molecule has 4 aromatic rings. The van der Waals surface area contributed by atoms with Crippen molar-refractivity contribution in [2.75, 3.05) is 0 Å². The van der Waals surface area contributed by atoms with Crippen LogP contribution < -0.4 is 0 Å². The van der Waals surface area contributed by atoms with E-state index in [0.29, 0.717) is 0 Å². The first-order valence-corrected chi connectivity index (χ1v) is 6.36. The third kappa shape index (κ3) is 1.38. The van der Waals surface area contributed by atoms with Gasteiger partial charge in [-0.2, -0.15) is 0 Å². The van der Waals surface area contributed by atoms with E-state index in [1.54, 1.807) is 6.20 Å². The molecule has 0 aliphatic heterocycles. The van der Waals surface area contributed by atoms with Crippen molar-refractivity contribution < 1.29 is 0 Å². The molecule has 0 amide bonds. The number of imidazole rings is 1. The van der Waals surface area contributed by atoms with Crippen LogP contribution in [0, 0.1) is 13.8 Å².